The zero-order valence-electron chi connectivity index (χ0n) is 17.7. The third kappa shape index (κ3) is 4.89. The summed E-state index contributed by atoms with van der Waals surface area (Å²) in [4.78, 5) is 23.2. The molecule has 1 amide bonds. The average molecular weight is 428 g/mol. The van der Waals surface area contributed by atoms with Crippen LogP contribution in [0.1, 0.15) is 34.6 Å². The van der Waals surface area contributed by atoms with E-state index in [0.29, 0.717) is 13.0 Å². The topological polar surface area (TPSA) is 75.6 Å². The third-order valence-electron chi connectivity index (χ3n) is 5.62. The summed E-state index contributed by atoms with van der Waals surface area (Å²) in [6, 6.07) is 23.9. The number of aliphatic carboxylic acids is 1. The van der Waals surface area contributed by atoms with Gasteiger partial charge in [-0.3, -0.25) is 4.79 Å². The molecule has 4 rings (SSSR count). The van der Waals surface area contributed by atoms with Crippen LogP contribution in [0.15, 0.2) is 78.9 Å². The van der Waals surface area contributed by atoms with Gasteiger partial charge in [-0.2, -0.15) is 0 Å². The number of rotatable bonds is 8. The fourth-order valence-electron chi connectivity index (χ4n) is 4.14. The SMILES string of the molecule is O=C(O)Cc1ccccc1C=CCCNC(=O)OCC1c2ccccc2-c2ccccc21. The maximum Gasteiger partial charge on any atom is 0.407 e. The molecule has 0 aliphatic heterocycles. The van der Waals surface area contributed by atoms with Crippen molar-refractivity contribution in [2.45, 2.75) is 18.8 Å². The van der Waals surface area contributed by atoms with E-state index >= 15 is 0 Å². The van der Waals surface area contributed by atoms with Gasteiger partial charge < -0.3 is 15.2 Å². The van der Waals surface area contributed by atoms with Crippen molar-refractivity contribution >= 4 is 18.1 Å². The van der Waals surface area contributed by atoms with Crippen LogP contribution in [-0.2, 0) is 16.0 Å². The van der Waals surface area contributed by atoms with Crippen LogP contribution in [0.5, 0.6) is 0 Å². The highest BCUT2D eigenvalue weighted by molar-refractivity contribution is 5.79. The number of alkyl carbamates (subject to hydrolysis) is 1. The van der Waals surface area contributed by atoms with Gasteiger partial charge in [-0.25, -0.2) is 4.79 Å². The minimum Gasteiger partial charge on any atom is -0.481 e. The number of carbonyl (C=O) groups excluding carboxylic acids is 1. The van der Waals surface area contributed by atoms with E-state index in [0.717, 1.165) is 11.1 Å². The van der Waals surface area contributed by atoms with Gasteiger partial charge in [0.05, 0.1) is 6.42 Å². The lowest BCUT2D eigenvalue weighted by Crippen LogP contribution is -2.26. The van der Waals surface area contributed by atoms with Crippen molar-refractivity contribution in [2.24, 2.45) is 0 Å². The van der Waals surface area contributed by atoms with Gasteiger partial charge in [-0.05, 0) is 39.8 Å². The van der Waals surface area contributed by atoms with Crippen LogP contribution >= 0.6 is 0 Å². The number of nitrogens with one attached hydrogen (secondary N) is 1. The summed E-state index contributed by atoms with van der Waals surface area (Å²) in [5.41, 5.74) is 6.40. The first-order chi connectivity index (χ1) is 15.6. The molecule has 0 heterocycles. The summed E-state index contributed by atoms with van der Waals surface area (Å²) >= 11 is 0. The van der Waals surface area contributed by atoms with E-state index in [1.807, 2.05) is 60.7 Å². The highest BCUT2D eigenvalue weighted by Gasteiger charge is 2.28. The lowest BCUT2D eigenvalue weighted by Gasteiger charge is -2.14. The Morgan fingerprint density at radius 1 is 0.906 bits per heavy atom. The quantitative estimate of drug-likeness (QED) is 0.481. The Hall–Kier alpha value is -3.86. The molecule has 5 nitrogen and oxygen atoms in total. The Balaban J connectivity index is 1.27. The molecule has 0 saturated carbocycles. The van der Waals surface area contributed by atoms with Gasteiger partial charge in [0, 0.05) is 12.5 Å². The van der Waals surface area contributed by atoms with E-state index in [-0.39, 0.29) is 18.9 Å². The second-order valence-electron chi connectivity index (χ2n) is 7.71. The molecule has 0 saturated heterocycles. The summed E-state index contributed by atoms with van der Waals surface area (Å²) < 4.78 is 5.53. The Kier molecular flexibility index (Phi) is 6.66. The molecule has 0 radical (unpaired) electrons. The van der Waals surface area contributed by atoms with Crippen LogP contribution in [0.4, 0.5) is 4.79 Å². The van der Waals surface area contributed by atoms with Crippen molar-refractivity contribution < 1.29 is 19.4 Å². The number of carboxylic acids is 1. The molecule has 0 fully saturated rings. The van der Waals surface area contributed by atoms with E-state index in [1.54, 1.807) is 0 Å². The molecule has 3 aromatic carbocycles. The smallest absolute Gasteiger partial charge is 0.407 e. The van der Waals surface area contributed by atoms with Crippen molar-refractivity contribution in [2.75, 3.05) is 13.2 Å². The molecule has 1 aliphatic rings. The molecule has 3 aromatic rings. The Morgan fingerprint density at radius 3 is 2.22 bits per heavy atom. The third-order valence-corrected chi connectivity index (χ3v) is 5.62. The Labute approximate surface area is 187 Å². The highest BCUT2D eigenvalue weighted by Crippen LogP contribution is 2.44. The Morgan fingerprint density at radius 2 is 1.53 bits per heavy atom. The normalized spacial score (nSPS) is 12.4. The maximum absolute atomic E-state index is 12.2. The fraction of sp³-hybridized carbons (Fsp3) is 0.185. The Bertz CT molecular complexity index is 1110. The molecular formula is C27H25NO4. The minimum absolute atomic E-state index is 0.0154. The number of benzene rings is 3. The highest BCUT2D eigenvalue weighted by atomic mass is 16.5. The number of fused-ring (bicyclic) bond motifs is 3. The molecule has 5 heteroatoms. The van der Waals surface area contributed by atoms with E-state index in [9.17, 15) is 9.59 Å². The van der Waals surface area contributed by atoms with Crippen LogP contribution in [0, 0.1) is 0 Å². The van der Waals surface area contributed by atoms with Gasteiger partial charge in [0.25, 0.3) is 0 Å². The van der Waals surface area contributed by atoms with Crippen LogP contribution in [0.2, 0.25) is 0 Å². The summed E-state index contributed by atoms with van der Waals surface area (Å²) in [7, 11) is 0. The number of hydrogen-bond donors (Lipinski definition) is 2. The van der Waals surface area contributed by atoms with Crippen LogP contribution in [-0.4, -0.2) is 30.3 Å². The maximum atomic E-state index is 12.2. The number of carboxylic acid groups (broad SMARTS) is 1. The number of amides is 1. The molecule has 32 heavy (non-hydrogen) atoms. The van der Waals surface area contributed by atoms with E-state index < -0.39 is 12.1 Å². The predicted molar refractivity (Wildman–Crippen MR) is 125 cm³/mol. The zero-order valence-corrected chi connectivity index (χ0v) is 17.7. The lowest BCUT2D eigenvalue weighted by molar-refractivity contribution is -0.136. The van der Waals surface area contributed by atoms with Crippen molar-refractivity contribution in [1.29, 1.82) is 0 Å². The second kappa shape index (κ2) is 9.96. The molecule has 0 spiro atoms. The lowest BCUT2D eigenvalue weighted by atomic mass is 9.98. The first-order valence-electron chi connectivity index (χ1n) is 10.7. The minimum atomic E-state index is -0.859. The van der Waals surface area contributed by atoms with Crippen molar-refractivity contribution in [3.8, 4) is 11.1 Å². The van der Waals surface area contributed by atoms with Crippen molar-refractivity contribution in [3.63, 3.8) is 0 Å². The van der Waals surface area contributed by atoms with Crippen LogP contribution in [0.25, 0.3) is 17.2 Å². The summed E-state index contributed by atoms with van der Waals surface area (Å²) in [6.45, 7) is 0.729. The largest absolute Gasteiger partial charge is 0.481 e. The summed E-state index contributed by atoms with van der Waals surface area (Å²) in [5, 5.41) is 11.8. The summed E-state index contributed by atoms with van der Waals surface area (Å²) in [6.07, 6.45) is 3.97. The van der Waals surface area contributed by atoms with Crippen LogP contribution < -0.4 is 5.32 Å². The predicted octanol–water partition coefficient (Wildman–Crippen LogP) is 5.26. The van der Waals surface area contributed by atoms with Crippen molar-refractivity contribution in [3.05, 3.63) is 101 Å². The molecule has 0 unspecified atom stereocenters. The number of hydrogen-bond acceptors (Lipinski definition) is 3. The standard InChI is InChI=1S/C27H25NO4/c29-26(30)17-20-11-2-1-9-19(20)10-7-8-16-28-27(31)32-18-25-23-14-5-3-12-21(23)22-13-4-6-15-24(22)25/h1-7,9-15,25H,8,16-18H2,(H,28,31)(H,29,30). The van der Waals surface area contributed by atoms with E-state index in [1.165, 1.54) is 22.3 Å². The first-order valence-corrected chi connectivity index (χ1v) is 10.7. The molecule has 1 aliphatic carbocycles. The first kappa shape index (κ1) is 21.4. The monoisotopic (exact) mass is 427 g/mol. The van der Waals surface area contributed by atoms with Gasteiger partial charge in [0.15, 0.2) is 0 Å². The molecular weight excluding hydrogens is 402 g/mol. The number of carbonyl (C=O) groups is 2. The molecule has 0 atom stereocenters. The van der Waals surface area contributed by atoms with E-state index in [2.05, 4.69) is 29.6 Å². The molecule has 162 valence electrons. The fourth-order valence-corrected chi connectivity index (χ4v) is 4.14. The van der Waals surface area contributed by atoms with Gasteiger partial charge in [0.2, 0.25) is 0 Å². The summed E-state index contributed by atoms with van der Waals surface area (Å²) in [5.74, 6) is -0.818. The molecule has 2 N–H and O–H groups in total. The molecule has 0 aromatic heterocycles. The van der Waals surface area contributed by atoms with Gasteiger partial charge in [-0.1, -0.05) is 84.9 Å². The van der Waals surface area contributed by atoms with Crippen molar-refractivity contribution in [1.82, 2.24) is 5.32 Å². The van der Waals surface area contributed by atoms with E-state index in [4.69, 9.17) is 9.84 Å². The zero-order chi connectivity index (χ0) is 22.3. The van der Waals surface area contributed by atoms with Gasteiger partial charge in [0.1, 0.15) is 6.61 Å². The van der Waals surface area contributed by atoms with Gasteiger partial charge >= 0.3 is 12.1 Å². The van der Waals surface area contributed by atoms with Gasteiger partial charge in [-0.15, -0.1) is 0 Å². The average Bonchev–Trinajstić information content (AvgIpc) is 3.12. The van der Waals surface area contributed by atoms with Crippen LogP contribution in [0.3, 0.4) is 0 Å². The molecule has 0 bridgehead atoms. The second-order valence-corrected chi connectivity index (χ2v) is 7.71. The number of ether oxygens (including phenoxy) is 1.